The Bertz CT molecular complexity index is 1780. The van der Waals surface area contributed by atoms with Gasteiger partial charge < -0.3 is 14.2 Å². The van der Waals surface area contributed by atoms with E-state index < -0.39 is 0 Å². The summed E-state index contributed by atoms with van der Waals surface area (Å²) >= 11 is 0. The average Bonchev–Trinajstić information content (AvgIpc) is 3.56. The zero-order valence-electron chi connectivity index (χ0n) is 21.2. The Hall–Kier alpha value is -5.25. The van der Waals surface area contributed by atoms with Gasteiger partial charge in [-0.15, -0.1) is 5.10 Å². The van der Waals surface area contributed by atoms with Crippen LogP contribution < -0.4 is 14.2 Å². The molecule has 0 N–H and O–H groups in total. The van der Waals surface area contributed by atoms with E-state index in [1.807, 2.05) is 84.5 Å². The molecule has 10 nitrogen and oxygen atoms in total. The predicted octanol–water partition coefficient (Wildman–Crippen LogP) is 4.89. The van der Waals surface area contributed by atoms with Gasteiger partial charge in [-0.25, -0.2) is 19.2 Å². The monoisotopic (exact) mass is 517 g/mol. The summed E-state index contributed by atoms with van der Waals surface area (Å²) < 4.78 is 21.1. The molecule has 1 aliphatic heterocycles. The minimum absolute atomic E-state index is 0.192. The van der Waals surface area contributed by atoms with E-state index in [1.165, 1.54) is 0 Å². The molecule has 0 saturated carbocycles. The van der Waals surface area contributed by atoms with E-state index in [0.29, 0.717) is 29.0 Å². The van der Waals surface area contributed by atoms with Crippen LogP contribution in [-0.4, -0.2) is 41.5 Å². The molecule has 4 aromatic heterocycles. The predicted molar refractivity (Wildman–Crippen MR) is 142 cm³/mol. The molecule has 0 unspecified atom stereocenters. The van der Waals surface area contributed by atoms with Gasteiger partial charge in [0.25, 0.3) is 0 Å². The summed E-state index contributed by atoms with van der Waals surface area (Å²) in [7, 11) is 1.63. The fourth-order valence-corrected chi connectivity index (χ4v) is 4.93. The topological polar surface area (TPSA) is 101 Å². The standard InChI is InChI=1S/C29H23N7O3/c1-18-24-25(19-7-6-14-30-15-19)26-27-32-23(16-38-22-12-10-21(37-2)11-13-22)34-35(27)17-31-28(26)39-29(24)36(33-18)20-8-4-3-5-9-20/h3-15,17,25H,16H2,1-2H3/t25-/m1/s1. The van der Waals surface area contributed by atoms with Crippen molar-refractivity contribution in [3.63, 3.8) is 0 Å². The molecule has 6 aromatic rings. The zero-order chi connectivity index (χ0) is 26.3. The fraction of sp³-hybridized carbons (Fsp3) is 0.138. The number of pyridine rings is 1. The Morgan fingerprint density at radius 3 is 2.51 bits per heavy atom. The Kier molecular flexibility index (Phi) is 5.43. The van der Waals surface area contributed by atoms with Crippen molar-refractivity contribution in [1.82, 2.24) is 34.3 Å². The first-order valence-electron chi connectivity index (χ1n) is 12.4. The van der Waals surface area contributed by atoms with E-state index in [9.17, 15) is 0 Å². The molecule has 5 heterocycles. The van der Waals surface area contributed by atoms with E-state index in [-0.39, 0.29) is 12.5 Å². The number of ether oxygens (including phenoxy) is 3. The Morgan fingerprint density at radius 2 is 1.74 bits per heavy atom. The van der Waals surface area contributed by atoms with Crippen molar-refractivity contribution in [2.45, 2.75) is 19.4 Å². The second kappa shape index (κ2) is 9.25. The van der Waals surface area contributed by atoms with Crippen LogP contribution in [0.2, 0.25) is 0 Å². The molecule has 0 amide bonds. The summed E-state index contributed by atoms with van der Waals surface area (Å²) in [4.78, 5) is 13.9. The number of hydrogen-bond acceptors (Lipinski definition) is 8. The molecular weight excluding hydrogens is 494 g/mol. The largest absolute Gasteiger partial charge is 0.497 e. The van der Waals surface area contributed by atoms with Crippen LogP contribution in [-0.2, 0) is 6.61 Å². The first-order valence-corrected chi connectivity index (χ1v) is 12.4. The molecule has 0 fully saturated rings. The normalized spacial score (nSPS) is 13.9. The van der Waals surface area contributed by atoms with E-state index >= 15 is 0 Å². The molecule has 0 bridgehead atoms. The van der Waals surface area contributed by atoms with Crippen molar-refractivity contribution in [3.05, 3.63) is 114 Å². The lowest BCUT2D eigenvalue weighted by Crippen LogP contribution is -2.16. The van der Waals surface area contributed by atoms with Gasteiger partial charge in [0.15, 0.2) is 11.5 Å². The van der Waals surface area contributed by atoms with Gasteiger partial charge in [-0.1, -0.05) is 24.3 Å². The highest BCUT2D eigenvalue weighted by Gasteiger charge is 2.38. The van der Waals surface area contributed by atoms with Crippen LogP contribution in [0.15, 0.2) is 85.5 Å². The van der Waals surface area contributed by atoms with E-state index in [2.05, 4.69) is 15.1 Å². The van der Waals surface area contributed by atoms with Crippen LogP contribution in [0, 0.1) is 6.92 Å². The Morgan fingerprint density at radius 1 is 0.923 bits per heavy atom. The molecule has 0 spiro atoms. The summed E-state index contributed by atoms with van der Waals surface area (Å²) in [5, 5.41) is 9.48. The van der Waals surface area contributed by atoms with Crippen LogP contribution in [0.1, 0.15) is 34.1 Å². The van der Waals surface area contributed by atoms with Gasteiger partial charge in [0.1, 0.15) is 24.4 Å². The van der Waals surface area contributed by atoms with Crippen LogP contribution >= 0.6 is 0 Å². The number of aryl methyl sites for hydroxylation is 1. The van der Waals surface area contributed by atoms with E-state index in [4.69, 9.17) is 24.3 Å². The number of hydrogen-bond donors (Lipinski definition) is 0. The SMILES string of the molecule is COc1ccc(OCc2nc3c4c(ncn3n2)Oc2c(c(C)nn2-c2ccccc2)[C@H]4c2cccnc2)cc1. The Balaban J connectivity index is 1.33. The number of aromatic nitrogens is 7. The highest BCUT2D eigenvalue weighted by atomic mass is 16.5. The number of benzene rings is 2. The molecule has 0 aliphatic carbocycles. The van der Waals surface area contributed by atoms with Crippen molar-refractivity contribution in [2.75, 3.05) is 7.11 Å². The highest BCUT2D eigenvalue weighted by Crippen LogP contribution is 2.49. The molecule has 1 aliphatic rings. The number of methoxy groups -OCH3 is 1. The number of fused-ring (bicyclic) bond motifs is 4. The quantitative estimate of drug-likeness (QED) is 0.307. The summed E-state index contributed by atoms with van der Waals surface area (Å²) in [5.41, 5.74) is 5.10. The third-order valence-electron chi connectivity index (χ3n) is 6.71. The van der Waals surface area contributed by atoms with Gasteiger partial charge >= 0.3 is 0 Å². The maximum absolute atomic E-state index is 6.45. The highest BCUT2D eigenvalue weighted by molar-refractivity contribution is 5.66. The third-order valence-corrected chi connectivity index (χ3v) is 6.71. The summed E-state index contributed by atoms with van der Waals surface area (Å²) in [6.07, 6.45) is 5.23. The summed E-state index contributed by atoms with van der Waals surface area (Å²) in [5.74, 6) is 2.80. The van der Waals surface area contributed by atoms with Crippen LogP contribution in [0.3, 0.4) is 0 Å². The second-order valence-corrected chi connectivity index (χ2v) is 9.10. The van der Waals surface area contributed by atoms with Gasteiger partial charge in [-0.2, -0.15) is 5.10 Å². The molecule has 2 aromatic carbocycles. The molecule has 0 radical (unpaired) electrons. The van der Waals surface area contributed by atoms with Gasteiger partial charge in [-0.3, -0.25) is 4.98 Å². The van der Waals surface area contributed by atoms with Crippen molar-refractivity contribution in [1.29, 1.82) is 0 Å². The van der Waals surface area contributed by atoms with Crippen molar-refractivity contribution >= 4 is 5.65 Å². The van der Waals surface area contributed by atoms with Crippen molar-refractivity contribution in [2.24, 2.45) is 0 Å². The zero-order valence-corrected chi connectivity index (χ0v) is 21.2. The Labute approximate surface area is 223 Å². The molecule has 192 valence electrons. The fourth-order valence-electron chi connectivity index (χ4n) is 4.93. The lowest BCUT2D eigenvalue weighted by molar-refractivity contribution is 0.295. The molecule has 39 heavy (non-hydrogen) atoms. The van der Waals surface area contributed by atoms with Gasteiger partial charge in [0, 0.05) is 12.4 Å². The number of para-hydroxylation sites is 1. The van der Waals surface area contributed by atoms with Gasteiger partial charge in [0.05, 0.1) is 35.5 Å². The van der Waals surface area contributed by atoms with E-state index in [1.54, 1.807) is 24.1 Å². The third kappa shape index (κ3) is 3.93. The second-order valence-electron chi connectivity index (χ2n) is 9.10. The molecule has 0 saturated heterocycles. The molecule has 1 atom stereocenters. The maximum Gasteiger partial charge on any atom is 0.230 e. The smallest absolute Gasteiger partial charge is 0.230 e. The lowest BCUT2D eigenvalue weighted by Gasteiger charge is -2.26. The van der Waals surface area contributed by atoms with E-state index in [0.717, 1.165) is 33.8 Å². The molecule has 7 rings (SSSR count). The minimum atomic E-state index is -0.259. The first kappa shape index (κ1) is 22.9. The van der Waals surface area contributed by atoms with Crippen LogP contribution in [0.4, 0.5) is 0 Å². The van der Waals surface area contributed by atoms with Crippen molar-refractivity contribution in [3.8, 4) is 28.9 Å². The van der Waals surface area contributed by atoms with Gasteiger partial charge in [0.2, 0.25) is 11.8 Å². The average molecular weight is 518 g/mol. The first-order chi connectivity index (χ1) is 19.2. The van der Waals surface area contributed by atoms with Gasteiger partial charge in [-0.05, 0) is 55.0 Å². The molecule has 10 heteroatoms. The molecular formula is C29H23N7O3. The lowest BCUT2D eigenvalue weighted by atomic mass is 9.85. The van der Waals surface area contributed by atoms with Crippen molar-refractivity contribution < 1.29 is 14.2 Å². The minimum Gasteiger partial charge on any atom is -0.497 e. The van der Waals surface area contributed by atoms with Crippen LogP contribution in [0.5, 0.6) is 23.3 Å². The summed E-state index contributed by atoms with van der Waals surface area (Å²) in [6.45, 7) is 2.18. The van der Waals surface area contributed by atoms with Crippen LogP contribution in [0.25, 0.3) is 11.3 Å². The number of nitrogens with zero attached hydrogens (tertiary/aromatic N) is 7. The summed E-state index contributed by atoms with van der Waals surface area (Å²) in [6, 6.07) is 21.3. The maximum atomic E-state index is 6.45. The number of rotatable bonds is 6.